The Morgan fingerprint density at radius 3 is 2.85 bits per heavy atom. The van der Waals surface area contributed by atoms with Crippen LogP contribution in [0.3, 0.4) is 0 Å². The molecule has 2 N–H and O–H groups in total. The van der Waals surface area contributed by atoms with Crippen LogP contribution in [0, 0.1) is 12.7 Å². The monoisotopic (exact) mass is 276 g/mol. The molecule has 0 saturated heterocycles. The van der Waals surface area contributed by atoms with Crippen LogP contribution in [-0.4, -0.2) is 21.7 Å². The fraction of sp³-hybridized carbons (Fsp3) is 0.286. The fourth-order valence-corrected chi connectivity index (χ4v) is 1.78. The standard InChI is InChI=1S/C14H17FN4O/c1-9-4-5-11(15)6-13(9)18-14(20)10(2)17-12-7-16-19(3)8-12/h4-8,10,17H,1-3H3,(H,18,20). The van der Waals surface area contributed by atoms with Crippen LogP contribution in [0.2, 0.25) is 0 Å². The summed E-state index contributed by atoms with van der Waals surface area (Å²) in [6, 6.07) is 3.85. The summed E-state index contributed by atoms with van der Waals surface area (Å²) < 4.78 is 14.8. The van der Waals surface area contributed by atoms with E-state index in [1.165, 1.54) is 12.1 Å². The summed E-state index contributed by atoms with van der Waals surface area (Å²) in [7, 11) is 1.80. The van der Waals surface area contributed by atoms with Gasteiger partial charge in [-0.3, -0.25) is 9.48 Å². The van der Waals surface area contributed by atoms with E-state index < -0.39 is 6.04 Å². The second kappa shape index (κ2) is 5.73. The van der Waals surface area contributed by atoms with E-state index in [4.69, 9.17) is 0 Å². The maximum Gasteiger partial charge on any atom is 0.246 e. The number of nitrogens with one attached hydrogen (secondary N) is 2. The molecule has 1 aromatic heterocycles. The van der Waals surface area contributed by atoms with Crippen LogP contribution in [0.4, 0.5) is 15.8 Å². The van der Waals surface area contributed by atoms with Gasteiger partial charge in [0.2, 0.25) is 5.91 Å². The van der Waals surface area contributed by atoms with Gasteiger partial charge in [-0.25, -0.2) is 4.39 Å². The van der Waals surface area contributed by atoms with Crippen molar-refractivity contribution in [1.82, 2.24) is 9.78 Å². The lowest BCUT2D eigenvalue weighted by Gasteiger charge is -2.15. The Morgan fingerprint density at radius 2 is 2.20 bits per heavy atom. The lowest BCUT2D eigenvalue weighted by molar-refractivity contribution is -0.116. The Morgan fingerprint density at radius 1 is 1.45 bits per heavy atom. The van der Waals surface area contributed by atoms with E-state index in [0.29, 0.717) is 5.69 Å². The van der Waals surface area contributed by atoms with Crippen LogP contribution < -0.4 is 10.6 Å². The van der Waals surface area contributed by atoms with Crippen molar-refractivity contribution in [1.29, 1.82) is 0 Å². The van der Waals surface area contributed by atoms with Crippen molar-refractivity contribution in [2.45, 2.75) is 19.9 Å². The SMILES string of the molecule is Cc1ccc(F)cc1NC(=O)C(C)Nc1cnn(C)c1. The van der Waals surface area contributed by atoms with Gasteiger partial charge in [0, 0.05) is 18.9 Å². The molecule has 0 aliphatic heterocycles. The van der Waals surface area contributed by atoms with Crippen LogP contribution in [0.5, 0.6) is 0 Å². The number of hydrogen-bond donors (Lipinski definition) is 2. The number of amides is 1. The van der Waals surface area contributed by atoms with Crippen LogP contribution in [-0.2, 0) is 11.8 Å². The first-order valence-corrected chi connectivity index (χ1v) is 6.28. The summed E-state index contributed by atoms with van der Waals surface area (Å²) in [5.41, 5.74) is 2.05. The van der Waals surface area contributed by atoms with Crippen molar-refractivity contribution in [3.8, 4) is 0 Å². The molecule has 0 fully saturated rings. The summed E-state index contributed by atoms with van der Waals surface area (Å²) in [4.78, 5) is 12.1. The van der Waals surface area contributed by atoms with E-state index >= 15 is 0 Å². The highest BCUT2D eigenvalue weighted by molar-refractivity contribution is 5.96. The molecule has 0 radical (unpaired) electrons. The Hall–Kier alpha value is -2.37. The molecule has 5 nitrogen and oxygen atoms in total. The number of rotatable bonds is 4. The number of aromatic nitrogens is 2. The van der Waals surface area contributed by atoms with Crippen molar-refractivity contribution in [2.24, 2.45) is 7.05 Å². The molecule has 1 amide bonds. The molecule has 0 saturated carbocycles. The molecule has 2 aromatic rings. The predicted molar refractivity (Wildman–Crippen MR) is 76.1 cm³/mol. The van der Waals surface area contributed by atoms with Gasteiger partial charge in [-0.2, -0.15) is 5.10 Å². The van der Waals surface area contributed by atoms with Gasteiger partial charge in [-0.05, 0) is 31.5 Å². The number of hydrogen-bond acceptors (Lipinski definition) is 3. The van der Waals surface area contributed by atoms with Crippen molar-refractivity contribution in [3.05, 3.63) is 42.0 Å². The second-order valence-corrected chi connectivity index (χ2v) is 4.72. The largest absolute Gasteiger partial charge is 0.371 e. The van der Waals surface area contributed by atoms with E-state index in [9.17, 15) is 9.18 Å². The minimum atomic E-state index is -0.457. The topological polar surface area (TPSA) is 59.0 Å². The van der Waals surface area contributed by atoms with Gasteiger partial charge < -0.3 is 10.6 Å². The Labute approximate surface area is 116 Å². The van der Waals surface area contributed by atoms with Gasteiger partial charge in [0.05, 0.1) is 11.9 Å². The van der Waals surface area contributed by atoms with E-state index in [1.54, 1.807) is 37.1 Å². The number of carbonyl (C=O) groups excluding carboxylic acids is 1. The van der Waals surface area contributed by atoms with Gasteiger partial charge in [0.15, 0.2) is 0 Å². The minimum Gasteiger partial charge on any atom is -0.371 e. The number of nitrogens with zero attached hydrogens (tertiary/aromatic N) is 2. The molecule has 1 heterocycles. The van der Waals surface area contributed by atoms with Gasteiger partial charge in [-0.1, -0.05) is 6.07 Å². The first kappa shape index (κ1) is 14.0. The lowest BCUT2D eigenvalue weighted by Crippen LogP contribution is -2.32. The average molecular weight is 276 g/mol. The third kappa shape index (κ3) is 3.34. The Bertz CT molecular complexity index is 623. The summed E-state index contributed by atoms with van der Waals surface area (Å²) in [6.45, 7) is 3.55. The van der Waals surface area contributed by atoms with Gasteiger partial charge in [0.1, 0.15) is 11.9 Å². The molecule has 0 bridgehead atoms. The van der Waals surface area contributed by atoms with Crippen molar-refractivity contribution >= 4 is 17.3 Å². The molecule has 20 heavy (non-hydrogen) atoms. The normalized spacial score (nSPS) is 12.0. The predicted octanol–water partition coefficient (Wildman–Crippen LogP) is 2.31. The quantitative estimate of drug-likeness (QED) is 0.901. The summed E-state index contributed by atoms with van der Waals surface area (Å²) >= 11 is 0. The van der Waals surface area contributed by atoms with Gasteiger partial charge in [-0.15, -0.1) is 0 Å². The molecular weight excluding hydrogens is 259 g/mol. The van der Waals surface area contributed by atoms with Crippen LogP contribution >= 0.6 is 0 Å². The number of benzene rings is 1. The second-order valence-electron chi connectivity index (χ2n) is 4.72. The third-order valence-corrected chi connectivity index (χ3v) is 2.94. The zero-order chi connectivity index (χ0) is 14.7. The highest BCUT2D eigenvalue weighted by Gasteiger charge is 2.14. The van der Waals surface area contributed by atoms with Crippen molar-refractivity contribution in [3.63, 3.8) is 0 Å². The average Bonchev–Trinajstić information content (AvgIpc) is 2.79. The van der Waals surface area contributed by atoms with Crippen LogP contribution in [0.25, 0.3) is 0 Å². The smallest absolute Gasteiger partial charge is 0.246 e. The van der Waals surface area contributed by atoms with E-state index in [2.05, 4.69) is 15.7 Å². The number of aryl methyl sites for hydroxylation is 2. The molecule has 2 rings (SSSR count). The zero-order valence-corrected chi connectivity index (χ0v) is 11.6. The maximum absolute atomic E-state index is 13.2. The summed E-state index contributed by atoms with van der Waals surface area (Å²) in [5.74, 6) is -0.610. The zero-order valence-electron chi connectivity index (χ0n) is 11.6. The first-order valence-electron chi connectivity index (χ1n) is 6.28. The van der Waals surface area contributed by atoms with Gasteiger partial charge >= 0.3 is 0 Å². The molecule has 0 spiro atoms. The van der Waals surface area contributed by atoms with Crippen molar-refractivity contribution < 1.29 is 9.18 Å². The van der Waals surface area contributed by atoms with E-state index in [-0.39, 0.29) is 11.7 Å². The van der Waals surface area contributed by atoms with E-state index in [1.807, 2.05) is 6.92 Å². The molecule has 0 aliphatic carbocycles. The number of halogens is 1. The molecule has 1 aromatic carbocycles. The third-order valence-electron chi connectivity index (χ3n) is 2.94. The molecule has 0 aliphatic rings. The van der Waals surface area contributed by atoms with Crippen molar-refractivity contribution in [2.75, 3.05) is 10.6 Å². The molecule has 1 unspecified atom stereocenters. The number of carbonyl (C=O) groups is 1. The first-order chi connectivity index (χ1) is 9.45. The van der Waals surface area contributed by atoms with Crippen LogP contribution in [0.1, 0.15) is 12.5 Å². The summed E-state index contributed by atoms with van der Waals surface area (Å²) in [6.07, 6.45) is 3.41. The molecular formula is C14H17FN4O. The Balaban J connectivity index is 2.02. The maximum atomic E-state index is 13.2. The van der Waals surface area contributed by atoms with Gasteiger partial charge in [0.25, 0.3) is 0 Å². The minimum absolute atomic E-state index is 0.234. The fourth-order valence-electron chi connectivity index (χ4n) is 1.78. The summed E-state index contributed by atoms with van der Waals surface area (Å²) in [5, 5.41) is 9.75. The Kier molecular flexibility index (Phi) is 4.02. The highest BCUT2D eigenvalue weighted by Crippen LogP contribution is 2.16. The molecule has 1 atom stereocenters. The lowest BCUT2D eigenvalue weighted by atomic mass is 10.2. The number of anilines is 2. The molecule has 106 valence electrons. The van der Waals surface area contributed by atoms with Crippen LogP contribution in [0.15, 0.2) is 30.6 Å². The van der Waals surface area contributed by atoms with E-state index in [0.717, 1.165) is 11.3 Å². The highest BCUT2D eigenvalue weighted by atomic mass is 19.1. The molecule has 6 heteroatoms.